The highest BCUT2D eigenvalue weighted by molar-refractivity contribution is 6.09. The van der Waals surface area contributed by atoms with E-state index in [1.165, 1.54) is 13.0 Å². The van der Waals surface area contributed by atoms with E-state index in [-0.39, 0.29) is 16.7 Å². The van der Waals surface area contributed by atoms with Crippen molar-refractivity contribution < 1.29 is 13.6 Å². The number of ketones is 1. The van der Waals surface area contributed by atoms with Crippen LogP contribution in [0.3, 0.4) is 0 Å². The van der Waals surface area contributed by atoms with Crippen LogP contribution in [-0.4, -0.2) is 5.78 Å². The van der Waals surface area contributed by atoms with Crippen LogP contribution < -0.4 is 5.73 Å². The number of aryl methyl sites for hydroxylation is 2. The summed E-state index contributed by atoms with van der Waals surface area (Å²) in [5.74, 6) is -1.92. The minimum Gasteiger partial charge on any atom is -0.398 e. The van der Waals surface area contributed by atoms with E-state index in [2.05, 4.69) is 0 Å². The molecular weight excluding hydrogens is 248 g/mol. The van der Waals surface area contributed by atoms with E-state index in [0.717, 1.165) is 17.7 Å². The Labute approximate surface area is 109 Å². The summed E-state index contributed by atoms with van der Waals surface area (Å²) in [6.07, 6.45) is 0. The highest BCUT2D eigenvalue weighted by Gasteiger charge is 2.17. The van der Waals surface area contributed by atoms with Gasteiger partial charge in [-0.25, -0.2) is 8.78 Å². The highest BCUT2D eigenvalue weighted by Crippen LogP contribution is 2.20. The molecule has 2 aromatic rings. The standard InChI is InChI=1S/C15H13F2NO/c1-8-3-4-10(6-14(8)18)15(19)11-7-12(16)9(2)5-13(11)17/h3-7H,18H2,1-2H3. The molecule has 0 heterocycles. The molecule has 0 fully saturated rings. The zero-order valence-electron chi connectivity index (χ0n) is 10.6. The molecule has 19 heavy (non-hydrogen) atoms. The number of halogens is 2. The molecule has 2 N–H and O–H groups in total. The van der Waals surface area contributed by atoms with Gasteiger partial charge < -0.3 is 5.73 Å². The molecule has 0 atom stereocenters. The van der Waals surface area contributed by atoms with E-state index < -0.39 is 17.4 Å². The Morgan fingerprint density at radius 2 is 1.68 bits per heavy atom. The lowest BCUT2D eigenvalue weighted by atomic mass is 9.99. The molecule has 0 aliphatic carbocycles. The molecule has 0 aromatic heterocycles. The zero-order valence-corrected chi connectivity index (χ0v) is 10.6. The molecule has 2 nitrogen and oxygen atoms in total. The van der Waals surface area contributed by atoms with Crippen LogP contribution in [0.25, 0.3) is 0 Å². The number of anilines is 1. The molecule has 98 valence electrons. The Bertz CT molecular complexity index is 665. The van der Waals surface area contributed by atoms with Gasteiger partial charge in [0.1, 0.15) is 11.6 Å². The van der Waals surface area contributed by atoms with Crippen molar-refractivity contribution in [2.45, 2.75) is 13.8 Å². The van der Waals surface area contributed by atoms with Gasteiger partial charge in [-0.15, -0.1) is 0 Å². The summed E-state index contributed by atoms with van der Waals surface area (Å²) in [4.78, 5) is 12.1. The van der Waals surface area contributed by atoms with Crippen molar-refractivity contribution in [3.63, 3.8) is 0 Å². The first-order chi connectivity index (χ1) is 8.90. The topological polar surface area (TPSA) is 43.1 Å². The summed E-state index contributed by atoms with van der Waals surface area (Å²) in [7, 11) is 0. The number of nitrogen functional groups attached to an aromatic ring is 1. The van der Waals surface area contributed by atoms with Gasteiger partial charge in [0.05, 0.1) is 5.56 Å². The van der Waals surface area contributed by atoms with Gasteiger partial charge in [-0.2, -0.15) is 0 Å². The fraction of sp³-hybridized carbons (Fsp3) is 0.133. The maximum atomic E-state index is 13.7. The van der Waals surface area contributed by atoms with E-state index in [4.69, 9.17) is 5.73 Å². The van der Waals surface area contributed by atoms with Gasteiger partial charge in [-0.3, -0.25) is 4.79 Å². The maximum Gasteiger partial charge on any atom is 0.196 e. The minimum atomic E-state index is -0.733. The number of rotatable bonds is 2. The average molecular weight is 261 g/mol. The molecule has 0 amide bonds. The third-order valence-corrected chi connectivity index (χ3v) is 3.03. The fourth-order valence-corrected chi connectivity index (χ4v) is 1.76. The van der Waals surface area contributed by atoms with Crippen molar-refractivity contribution in [2.24, 2.45) is 0 Å². The average Bonchev–Trinajstić information content (AvgIpc) is 2.36. The molecule has 0 aliphatic heterocycles. The first-order valence-corrected chi connectivity index (χ1v) is 5.76. The molecule has 2 aromatic carbocycles. The smallest absolute Gasteiger partial charge is 0.196 e. The Morgan fingerprint density at radius 1 is 1.00 bits per heavy atom. The van der Waals surface area contributed by atoms with E-state index in [1.54, 1.807) is 19.1 Å². The van der Waals surface area contributed by atoms with Crippen LogP contribution >= 0.6 is 0 Å². The normalized spacial score (nSPS) is 10.5. The molecule has 0 unspecified atom stereocenters. The molecule has 0 spiro atoms. The van der Waals surface area contributed by atoms with Crippen molar-refractivity contribution in [3.05, 3.63) is 64.2 Å². The number of nitrogens with two attached hydrogens (primary N) is 1. The summed E-state index contributed by atoms with van der Waals surface area (Å²) in [6, 6.07) is 6.62. The zero-order chi connectivity index (χ0) is 14.2. The summed E-state index contributed by atoms with van der Waals surface area (Å²) in [5, 5.41) is 0. The molecule has 2 rings (SSSR count). The summed E-state index contributed by atoms with van der Waals surface area (Å²) >= 11 is 0. The van der Waals surface area contributed by atoms with E-state index in [9.17, 15) is 13.6 Å². The second kappa shape index (κ2) is 4.80. The monoisotopic (exact) mass is 261 g/mol. The van der Waals surface area contributed by atoms with Gasteiger partial charge in [0.2, 0.25) is 0 Å². The first kappa shape index (κ1) is 13.2. The Balaban J connectivity index is 2.49. The lowest BCUT2D eigenvalue weighted by Gasteiger charge is -2.07. The Hall–Kier alpha value is -2.23. The van der Waals surface area contributed by atoms with Gasteiger partial charge in [0.15, 0.2) is 5.78 Å². The van der Waals surface area contributed by atoms with Gasteiger partial charge >= 0.3 is 0 Å². The first-order valence-electron chi connectivity index (χ1n) is 5.76. The van der Waals surface area contributed by atoms with Crippen LogP contribution in [0.5, 0.6) is 0 Å². The maximum absolute atomic E-state index is 13.7. The van der Waals surface area contributed by atoms with Crippen LogP contribution in [0.4, 0.5) is 14.5 Å². The molecule has 0 saturated carbocycles. The van der Waals surface area contributed by atoms with Gasteiger partial charge in [0, 0.05) is 11.3 Å². The van der Waals surface area contributed by atoms with E-state index in [1.807, 2.05) is 0 Å². The van der Waals surface area contributed by atoms with Gasteiger partial charge in [0.25, 0.3) is 0 Å². The molecule has 0 saturated heterocycles. The summed E-state index contributed by atoms with van der Waals surface area (Å²) < 4.78 is 27.2. The minimum absolute atomic E-state index is 0.164. The number of benzene rings is 2. The number of hydrogen-bond donors (Lipinski definition) is 1. The van der Waals surface area contributed by atoms with Crippen LogP contribution in [0.1, 0.15) is 27.0 Å². The third kappa shape index (κ3) is 2.47. The Kier molecular flexibility index (Phi) is 3.34. The van der Waals surface area contributed by atoms with Crippen molar-refractivity contribution in [1.82, 2.24) is 0 Å². The third-order valence-electron chi connectivity index (χ3n) is 3.03. The van der Waals surface area contributed by atoms with Crippen molar-refractivity contribution in [2.75, 3.05) is 5.73 Å². The van der Waals surface area contributed by atoms with Crippen molar-refractivity contribution in [3.8, 4) is 0 Å². The largest absolute Gasteiger partial charge is 0.398 e. The predicted molar refractivity (Wildman–Crippen MR) is 70.1 cm³/mol. The van der Waals surface area contributed by atoms with Crippen LogP contribution in [-0.2, 0) is 0 Å². The quantitative estimate of drug-likeness (QED) is 0.665. The second-order valence-electron chi connectivity index (χ2n) is 4.48. The van der Waals surface area contributed by atoms with Crippen molar-refractivity contribution in [1.29, 1.82) is 0 Å². The van der Waals surface area contributed by atoms with E-state index in [0.29, 0.717) is 5.69 Å². The molecule has 4 heteroatoms. The number of hydrogen-bond acceptors (Lipinski definition) is 2. The SMILES string of the molecule is Cc1ccc(C(=O)c2cc(F)c(C)cc2F)cc1N. The molecule has 0 aliphatic rings. The van der Waals surface area contributed by atoms with Crippen LogP contribution in [0.15, 0.2) is 30.3 Å². The van der Waals surface area contributed by atoms with Gasteiger partial charge in [-0.1, -0.05) is 12.1 Å². The summed E-state index contributed by atoms with van der Waals surface area (Å²) in [5.41, 5.74) is 7.10. The second-order valence-corrected chi connectivity index (χ2v) is 4.48. The lowest BCUT2D eigenvalue weighted by Crippen LogP contribution is -2.07. The Morgan fingerprint density at radius 3 is 2.32 bits per heavy atom. The lowest BCUT2D eigenvalue weighted by molar-refractivity contribution is 0.103. The van der Waals surface area contributed by atoms with Gasteiger partial charge in [-0.05, 0) is 43.2 Å². The van der Waals surface area contributed by atoms with Crippen LogP contribution in [0.2, 0.25) is 0 Å². The molecular formula is C15H13F2NO. The molecule has 0 radical (unpaired) electrons. The summed E-state index contributed by atoms with van der Waals surface area (Å²) in [6.45, 7) is 3.24. The van der Waals surface area contributed by atoms with Crippen LogP contribution in [0, 0.1) is 25.5 Å². The number of carbonyl (C=O) groups is 1. The van der Waals surface area contributed by atoms with Crippen molar-refractivity contribution >= 4 is 11.5 Å². The number of carbonyl (C=O) groups excluding carboxylic acids is 1. The van der Waals surface area contributed by atoms with E-state index >= 15 is 0 Å². The highest BCUT2D eigenvalue weighted by atomic mass is 19.1. The fourth-order valence-electron chi connectivity index (χ4n) is 1.76. The predicted octanol–water partition coefficient (Wildman–Crippen LogP) is 3.39. The molecule has 0 bridgehead atoms.